The van der Waals surface area contributed by atoms with Crippen molar-refractivity contribution >= 4 is 11.8 Å². The van der Waals surface area contributed by atoms with E-state index in [1.54, 1.807) is 19.1 Å². The minimum absolute atomic E-state index is 0.0510. The number of amides is 2. The summed E-state index contributed by atoms with van der Waals surface area (Å²) in [7, 11) is 0. The molecule has 29 heavy (non-hydrogen) atoms. The van der Waals surface area contributed by atoms with Gasteiger partial charge in [0.2, 0.25) is 17.7 Å². The topological polar surface area (TPSA) is 88.3 Å². The van der Waals surface area contributed by atoms with Crippen LogP contribution < -0.4 is 5.32 Å². The maximum Gasteiger partial charge on any atom is 0.251 e. The number of likely N-dealkylation sites (tertiary alicyclic amines) is 1. The van der Waals surface area contributed by atoms with E-state index in [0.29, 0.717) is 49.3 Å². The van der Waals surface area contributed by atoms with E-state index in [1.807, 2.05) is 23.1 Å². The number of hydrogen-bond donors (Lipinski definition) is 1. The molecule has 2 aromatic rings. The second-order valence-corrected chi connectivity index (χ2v) is 8.26. The third kappa shape index (κ3) is 4.66. The van der Waals surface area contributed by atoms with Crippen LogP contribution in [0, 0.1) is 18.8 Å². The number of carbonyl (C=O) groups is 2. The minimum atomic E-state index is -0.109. The molecular weight excluding hydrogens is 368 g/mol. The normalized spacial score (nSPS) is 22.2. The van der Waals surface area contributed by atoms with E-state index in [4.69, 9.17) is 4.42 Å². The standard InChI is InChI=1S/C22H28N4O3/c1-15-24-25-22(29-15)19-14-26(20(27)11-16-7-5-6-8-16)13-18(19)12-23-21(28)17-9-3-2-4-10-17/h2-4,9-10,16,18-19H,5-8,11-14H2,1H3,(H,23,28)/t18-,19-/m0/s1. The molecule has 1 aliphatic carbocycles. The van der Waals surface area contributed by atoms with Gasteiger partial charge >= 0.3 is 0 Å². The van der Waals surface area contributed by atoms with Crippen LogP contribution in [0.15, 0.2) is 34.7 Å². The third-order valence-electron chi connectivity index (χ3n) is 6.15. The quantitative estimate of drug-likeness (QED) is 0.811. The zero-order valence-electron chi connectivity index (χ0n) is 16.8. The predicted molar refractivity (Wildman–Crippen MR) is 107 cm³/mol. The molecule has 1 saturated heterocycles. The van der Waals surface area contributed by atoms with Crippen LogP contribution in [0.5, 0.6) is 0 Å². The third-order valence-corrected chi connectivity index (χ3v) is 6.15. The van der Waals surface area contributed by atoms with Gasteiger partial charge in [0.05, 0.1) is 5.92 Å². The van der Waals surface area contributed by atoms with Gasteiger partial charge in [0.15, 0.2) is 0 Å². The Morgan fingerprint density at radius 3 is 2.59 bits per heavy atom. The second kappa shape index (κ2) is 8.76. The van der Waals surface area contributed by atoms with Gasteiger partial charge in [0.1, 0.15) is 0 Å². The molecule has 2 atom stereocenters. The van der Waals surface area contributed by atoms with Gasteiger partial charge in [0.25, 0.3) is 5.91 Å². The van der Waals surface area contributed by atoms with Crippen molar-refractivity contribution in [2.24, 2.45) is 11.8 Å². The van der Waals surface area contributed by atoms with Crippen molar-refractivity contribution in [2.45, 2.75) is 44.9 Å². The Labute approximate surface area is 170 Å². The summed E-state index contributed by atoms with van der Waals surface area (Å²) >= 11 is 0. The molecule has 2 heterocycles. The van der Waals surface area contributed by atoms with Gasteiger partial charge in [0, 0.05) is 44.5 Å². The highest BCUT2D eigenvalue weighted by Crippen LogP contribution is 2.34. The fraction of sp³-hybridized carbons (Fsp3) is 0.545. The molecule has 1 N–H and O–H groups in total. The zero-order chi connectivity index (χ0) is 20.2. The fourth-order valence-corrected chi connectivity index (χ4v) is 4.53. The lowest BCUT2D eigenvalue weighted by Gasteiger charge is -2.18. The maximum absolute atomic E-state index is 12.9. The Bertz CT molecular complexity index is 845. The van der Waals surface area contributed by atoms with E-state index < -0.39 is 0 Å². The van der Waals surface area contributed by atoms with Gasteiger partial charge in [-0.2, -0.15) is 0 Å². The monoisotopic (exact) mass is 396 g/mol. The molecule has 1 aromatic carbocycles. The summed E-state index contributed by atoms with van der Waals surface area (Å²) in [5.74, 6) is 1.68. The SMILES string of the molecule is Cc1nnc([C@H]2CN(C(=O)CC3CCCC3)C[C@@H]2CNC(=O)c2ccccc2)o1. The van der Waals surface area contributed by atoms with Crippen molar-refractivity contribution < 1.29 is 14.0 Å². The van der Waals surface area contributed by atoms with E-state index in [-0.39, 0.29) is 23.7 Å². The molecule has 7 nitrogen and oxygen atoms in total. The molecule has 0 spiro atoms. The van der Waals surface area contributed by atoms with Gasteiger partial charge in [-0.25, -0.2) is 0 Å². The van der Waals surface area contributed by atoms with Crippen LogP contribution >= 0.6 is 0 Å². The largest absolute Gasteiger partial charge is 0.425 e. The number of nitrogens with zero attached hydrogens (tertiary/aromatic N) is 3. The van der Waals surface area contributed by atoms with E-state index in [2.05, 4.69) is 15.5 Å². The van der Waals surface area contributed by atoms with Crippen molar-refractivity contribution in [3.05, 3.63) is 47.7 Å². The first-order valence-electron chi connectivity index (χ1n) is 10.5. The molecule has 2 aliphatic rings. The summed E-state index contributed by atoms with van der Waals surface area (Å²) in [5.41, 5.74) is 0.629. The summed E-state index contributed by atoms with van der Waals surface area (Å²) in [6.45, 7) is 3.40. The Morgan fingerprint density at radius 1 is 1.14 bits per heavy atom. The van der Waals surface area contributed by atoms with E-state index in [1.165, 1.54) is 12.8 Å². The lowest BCUT2D eigenvalue weighted by atomic mass is 9.96. The van der Waals surface area contributed by atoms with Crippen molar-refractivity contribution in [2.75, 3.05) is 19.6 Å². The average molecular weight is 396 g/mol. The number of rotatable bonds is 6. The number of aromatic nitrogens is 2. The van der Waals surface area contributed by atoms with Crippen molar-refractivity contribution in [1.82, 2.24) is 20.4 Å². The number of carbonyl (C=O) groups excluding carboxylic acids is 2. The van der Waals surface area contributed by atoms with Crippen molar-refractivity contribution in [1.29, 1.82) is 0 Å². The number of nitrogens with one attached hydrogen (secondary N) is 1. The van der Waals surface area contributed by atoms with Gasteiger partial charge in [-0.15, -0.1) is 10.2 Å². The second-order valence-electron chi connectivity index (χ2n) is 8.26. The van der Waals surface area contributed by atoms with Crippen LogP contribution in [0.4, 0.5) is 0 Å². The van der Waals surface area contributed by atoms with Crippen LogP contribution in [0.2, 0.25) is 0 Å². The molecule has 4 rings (SSSR count). The number of hydrogen-bond acceptors (Lipinski definition) is 5. The lowest BCUT2D eigenvalue weighted by Crippen LogP contribution is -2.34. The Morgan fingerprint density at radius 2 is 1.90 bits per heavy atom. The lowest BCUT2D eigenvalue weighted by molar-refractivity contribution is -0.131. The highest BCUT2D eigenvalue weighted by Gasteiger charge is 2.39. The van der Waals surface area contributed by atoms with E-state index in [9.17, 15) is 9.59 Å². The van der Waals surface area contributed by atoms with Gasteiger partial charge < -0.3 is 14.6 Å². The average Bonchev–Trinajstić information content (AvgIpc) is 3.47. The molecule has 2 fully saturated rings. The number of aryl methyl sites for hydroxylation is 1. The first kappa shape index (κ1) is 19.6. The van der Waals surface area contributed by atoms with E-state index in [0.717, 1.165) is 12.8 Å². The summed E-state index contributed by atoms with van der Waals surface area (Å²) in [4.78, 5) is 27.2. The molecule has 0 radical (unpaired) electrons. The highest BCUT2D eigenvalue weighted by atomic mass is 16.4. The van der Waals surface area contributed by atoms with Crippen LogP contribution in [-0.2, 0) is 4.79 Å². The van der Waals surface area contributed by atoms with E-state index >= 15 is 0 Å². The molecule has 2 amide bonds. The Balaban J connectivity index is 1.42. The molecule has 154 valence electrons. The smallest absolute Gasteiger partial charge is 0.251 e. The Hall–Kier alpha value is -2.70. The number of benzene rings is 1. The predicted octanol–water partition coefficient (Wildman–Crippen LogP) is 2.93. The molecule has 7 heteroatoms. The summed E-state index contributed by atoms with van der Waals surface area (Å²) in [6, 6.07) is 9.16. The fourth-order valence-electron chi connectivity index (χ4n) is 4.53. The highest BCUT2D eigenvalue weighted by molar-refractivity contribution is 5.94. The summed E-state index contributed by atoms with van der Waals surface area (Å²) in [5, 5.41) is 11.2. The first-order chi connectivity index (χ1) is 14.1. The molecule has 1 saturated carbocycles. The molecule has 0 bridgehead atoms. The molecule has 1 aromatic heterocycles. The Kier molecular flexibility index (Phi) is 5.92. The summed E-state index contributed by atoms with van der Waals surface area (Å²) in [6.07, 6.45) is 5.40. The van der Waals surface area contributed by atoms with Gasteiger partial charge in [-0.3, -0.25) is 9.59 Å². The maximum atomic E-state index is 12.9. The van der Waals surface area contributed by atoms with Crippen molar-refractivity contribution in [3.63, 3.8) is 0 Å². The van der Waals surface area contributed by atoms with Crippen molar-refractivity contribution in [3.8, 4) is 0 Å². The molecule has 1 aliphatic heterocycles. The zero-order valence-corrected chi connectivity index (χ0v) is 16.8. The van der Waals surface area contributed by atoms with Gasteiger partial charge in [-0.05, 0) is 30.9 Å². The van der Waals surface area contributed by atoms with Crippen LogP contribution in [0.1, 0.15) is 60.2 Å². The molecular formula is C22H28N4O3. The van der Waals surface area contributed by atoms with Crippen LogP contribution in [0.25, 0.3) is 0 Å². The molecule has 0 unspecified atom stereocenters. The van der Waals surface area contributed by atoms with Crippen LogP contribution in [0.3, 0.4) is 0 Å². The summed E-state index contributed by atoms with van der Waals surface area (Å²) < 4.78 is 5.68. The van der Waals surface area contributed by atoms with Gasteiger partial charge in [-0.1, -0.05) is 31.0 Å². The minimum Gasteiger partial charge on any atom is -0.425 e. The van der Waals surface area contributed by atoms with Crippen LogP contribution in [-0.4, -0.2) is 46.5 Å². The first-order valence-corrected chi connectivity index (χ1v) is 10.5.